The van der Waals surface area contributed by atoms with Crippen LogP contribution < -0.4 is 0 Å². The zero-order valence-corrected chi connectivity index (χ0v) is 8.72. The lowest BCUT2D eigenvalue weighted by Gasteiger charge is -2.39. The van der Waals surface area contributed by atoms with Crippen molar-refractivity contribution >= 4 is 11.8 Å². The molecule has 0 radical (unpaired) electrons. The van der Waals surface area contributed by atoms with Gasteiger partial charge in [-0.3, -0.25) is 0 Å². The fourth-order valence-corrected chi connectivity index (χ4v) is 2.28. The second-order valence-corrected chi connectivity index (χ2v) is 4.53. The van der Waals surface area contributed by atoms with Crippen LogP contribution in [0, 0.1) is 0 Å². The van der Waals surface area contributed by atoms with Gasteiger partial charge in [-0.05, 0) is 5.75 Å². The molecule has 4 N–H and O–H groups in total. The number of aliphatic hydroxyl groups excluding tert-OH is 4. The minimum Gasteiger partial charge on any atom is -0.394 e. The van der Waals surface area contributed by atoms with Gasteiger partial charge in [-0.2, -0.15) is 0 Å². The van der Waals surface area contributed by atoms with Gasteiger partial charge in [0.05, 0.1) is 6.61 Å². The molecule has 1 heterocycles. The molecule has 6 heteroatoms. The Labute approximate surface area is 86.7 Å². The summed E-state index contributed by atoms with van der Waals surface area (Å²) in [5.41, 5.74) is -0.587. The van der Waals surface area contributed by atoms with Crippen molar-refractivity contribution in [3.05, 3.63) is 0 Å². The van der Waals surface area contributed by atoms with Gasteiger partial charge in [-0.15, -0.1) is 11.8 Å². The van der Waals surface area contributed by atoms with Crippen molar-refractivity contribution in [3.63, 3.8) is 0 Å². The van der Waals surface area contributed by atoms with Crippen LogP contribution in [0.1, 0.15) is 6.92 Å². The third-order valence-corrected chi connectivity index (χ3v) is 3.23. The molecule has 0 amide bonds. The zero-order chi connectivity index (χ0) is 10.7. The van der Waals surface area contributed by atoms with E-state index in [1.54, 1.807) is 0 Å². The molecule has 1 rings (SSSR count). The van der Waals surface area contributed by atoms with E-state index in [0.29, 0.717) is 0 Å². The van der Waals surface area contributed by atoms with E-state index in [4.69, 9.17) is 9.84 Å². The first-order valence-corrected chi connectivity index (χ1v) is 5.58. The van der Waals surface area contributed by atoms with Gasteiger partial charge in [-0.1, -0.05) is 6.92 Å². The number of rotatable bonds is 3. The predicted molar refractivity (Wildman–Crippen MR) is 51.9 cm³/mol. The van der Waals surface area contributed by atoms with Gasteiger partial charge in [0, 0.05) is 0 Å². The minimum absolute atomic E-state index is 0.369. The highest BCUT2D eigenvalue weighted by atomic mass is 32.2. The van der Waals surface area contributed by atoms with E-state index in [2.05, 4.69) is 0 Å². The summed E-state index contributed by atoms with van der Waals surface area (Å²) in [5.74, 6) is 0.725. The van der Waals surface area contributed by atoms with E-state index in [1.807, 2.05) is 6.92 Å². The van der Waals surface area contributed by atoms with Crippen molar-refractivity contribution in [3.8, 4) is 0 Å². The quantitative estimate of drug-likeness (QED) is 0.468. The van der Waals surface area contributed by atoms with E-state index in [1.165, 1.54) is 11.8 Å². The Morgan fingerprint density at radius 3 is 2.29 bits per heavy atom. The van der Waals surface area contributed by atoms with Crippen molar-refractivity contribution in [1.29, 1.82) is 0 Å². The van der Waals surface area contributed by atoms with Gasteiger partial charge in [0.25, 0.3) is 0 Å². The van der Waals surface area contributed by atoms with Crippen LogP contribution in [-0.2, 0) is 4.74 Å². The van der Waals surface area contributed by atoms with Crippen LogP contribution in [0.5, 0.6) is 0 Å². The monoisotopic (exact) mass is 224 g/mol. The van der Waals surface area contributed by atoms with Crippen molar-refractivity contribution in [2.75, 3.05) is 12.4 Å². The number of thioether (sulfide) groups is 1. The zero-order valence-electron chi connectivity index (χ0n) is 7.91. The lowest BCUT2D eigenvalue weighted by atomic mass is 10.0. The van der Waals surface area contributed by atoms with Crippen molar-refractivity contribution in [2.24, 2.45) is 0 Å². The molecule has 0 saturated carbocycles. The van der Waals surface area contributed by atoms with E-state index in [9.17, 15) is 15.3 Å². The molecular formula is C8H16O5S. The highest BCUT2D eigenvalue weighted by Gasteiger charge is 2.43. The molecule has 0 spiro atoms. The van der Waals surface area contributed by atoms with Crippen LogP contribution in [0.15, 0.2) is 0 Å². The lowest BCUT2D eigenvalue weighted by molar-refractivity contribution is -0.205. The lowest BCUT2D eigenvalue weighted by Crippen LogP contribution is -2.57. The average Bonchev–Trinajstić information content (AvgIpc) is 2.19. The fraction of sp³-hybridized carbons (Fsp3) is 1.00. The molecular weight excluding hydrogens is 208 g/mol. The number of hydrogen-bond donors (Lipinski definition) is 4. The van der Waals surface area contributed by atoms with Gasteiger partial charge in [-0.25, -0.2) is 0 Å². The molecule has 5 nitrogen and oxygen atoms in total. The maximum Gasteiger partial charge on any atom is 0.132 e. The molecule has 1 saturated heterocycles. The maximum absolute atomic E-state index is 9.51. The Morgan fingerprint density at radius 2 is 1.79 bits per heavy atom. The average molecular weight is 224 g/mol. The van der Waals surface area contributed by atoms with Crippen LogP contribution in [0.25, 0.3) is 0 Å². The van der Waals surface area contributed by atoms with Crippen LogP contribution in [0.4, 0.5) is 0 Å². The topological polar surface area (TPSA) is 90.2 Å². The van der Waals surface area contributed by atoms with Gasteiger partial charge >= 0.3 is 0 Å². The second-order valence-electron chi connectivity index (χ2n) is 3.15. The summed E-state index contributed by atoms with van der Waals surface area (Å²) >= 11 is 1.33. The van der Waals surface area contributed by atoms with E-state index in [0.717, 1.165) is 5.75 Å². The summed E-state index contributed by atoms with van der Waals surface area (Å²) in [4.78, 5) is 0. The van der Waals surface area contributed by atoms with Crippen LogP contribution in [-0.4, -0.2) is 62.6 Å². The SMILES string of the molecule is CCSC1OC(CO)C(O)[C@H](O)C1O. The van der Waals surface area contributed by atoms with Gasteiger partial charge in [0.15, 0.2) is 0 Å². The summed E-state index contributed by atoms with van der Waals surface area (Å²) in [6.45, 7) is 1.53. The Hall–Kier alpha value is 0.150. The molecule has 0 aromatic carbocycles. The molecule has 84 valence electrons. The molecule has 5 atom stereocenters. The van der Waals surface area contributed by atoms with Crippen LogP contribution >= 0.6 is 11.8 Å². The first-order valence-electron chi connectivity index (χ1n) is 4.54. The Bertz CT molecular complexity index is 175. The van der Waals surface area contributed by atoms with Crippen LogP contribution in [0.3, 0.4) is 0 Å². The van der Waals surface area contributed by atoms with Gasteiger partial charge in [0.1, 0.15) is 29.9 Å². The molecule has 0 aromatic heterocycles. The molecule has 14 heavy (non-hydrogen) atoms. The van der Waals surface area contributed by atoms with Crippen LogP contribution in [0.2, 0.25) is 0 Å². The second kappa shape index (κ2) is 5.29. The maximum atomic E-state index is 9.51. The summed E-state index contributed by atoms with van der Waals surface area (Å²) in [6.07, 6.45) is -4.43. The summed E-state index contributed by atoms with van der Waals surface area (Å²) in [7, 11) is 0. The summed E-state index contributed by atoms with van der Waals surface area (Å²) < 4.78 is 5.22. The highest BCUT2D eigenvalue weighted by Crippen LogP contribution is 2.27. The number of aliphatic hydroxyl groups is 4. The standard InChI is InChI=1S/C8H16O5S/c1-2-14-8-7(12)6(11)5(10)4(3-9)13-8/h4-12H,2-3H2,1H3/t4?,5?,6-,7?,8?/m0/s1. The number of ether oxygens (including phenoxy) is 1. The van der Waals surface area contributed by atoms with Crippen molar-refractivity contribution in [2.45, 2.75) is 36.8 Å². The van der Waals surface area contributed by atoms with Crippen molar-refractivity contribution in [1.82, 2.24) is 0 Å². The molecule has 4 unspecified atom stereocenters. The third kappa shape index (κ3) is 2.39. The minimum atomic E-state index is -1.26. The Morgan fingerprint density at radius 1 is 1.14 bits per heavy atom. The van der Waals surface area contributed by atoms with Crippen molar-refractivity contribution < 1.29 is 25.2 Å². The third-order valence-electron chi connectivity index (χ3n) is 2.18. The van der Waals surface area contributed by atoms with E-state index >= 15 is 0 Å². The Kier molecular flexibility index (Phi) is 4.62. The van der Waals surface area contributed by atoms with E-state index in [-0.39, 0.29) is 6.61 Å². The van der Waals surface area contributed by atoms with Gasteiger partial charge < -0.3 is 25.2 Å². The normalized spacial score (nSPS) is 43.9. The molecule has 0 aliphatic carbocycles. The molecule has 1 aliphatic rings. The molecule has 0 bridgehead atoms. The first-order chi connectivity index (χ1) is 6.61. The largest absolute Gasteiger partial charge is 0.394 e. The summed E-state index contributed by atoms with van der Waals surface area (Å²) in [5, 5.41) is 37.2. The van der Waals surface area contributed by atoms with E-state index < -0.39 is 29.9 Å². The molecule has 1 fully saturated rings. The molecule has 0 aromatic rings. The smallest absolute Gasteiger partial charge is 0.132 e. The number of hydrogen-bond acceptors (Lipinski definition) is 6. The highest BCUT2D eigenvalue weighted by molar-refractivity contribution is 7.99. The van der Waals surface area contributed by atoms with Gasteiger partial charge in [0.2, 0.25) is 0 Å². The Balaban J connectivity index is 2.63. The fourth-order valence-electron chi connectivity index (χ4n) is 1.37. The summed E-state index contributed by atoms with van der Waals surface area (Å²) in [6, 6.07) is 0. The first kappa shape index (κ1) is 12.2. The molecule has 1 aliphatic heterocycles. The predicted octanol–water partition coefficient (Wildman–Crippen LogP) is -1.46.